The molecule has 0 bridgehead atoms. The summed E-state index contributed by atoms with van der Waals surface area (Å²) in [5, 5.41) is 4.19. The smallest absolute Gasteiger partial charge is 0.124 e. The summed E-state index contributed by atoms with van der Waals surface area (Å²) in [6.45, 7) is 5.98. The fraction of sp³-hybridized carbons (Fsp3) is 0.429. The first-order chi connectivity index (χ1) is 12.7. The average molecular weight is 477 g/mol. The molecule has 1 N–H and O–H groups in total. The number of ether oxygens (including phenoxy) is 2. The summed E-state index contributed by atoms with van der Waals surface area (Å²) in [6.07, 6.45) is 3.32. The summed E-state index contributed by atoms with van der Waals surface area (Å²) < 4.78 is 12.6. The minimum absolute atomic E-state index is 0. The number of rotatable bonds is 12. The van der Waals surface area contributed by atoms with E-state index >= 15 is 0 Å². The van der Waals surface area contributed by atoms with Gasteiger partial charge < -0.3 is 14.8 Å². The Morgan fingerprint density at radius 1 is 1.04 bits per heavy atom. The lowest BCUT2D eigenvalue weighted by Crippen LogP contribution is -2.17. The summed E-state index contributed by atoms with van der Waals surface area (Å²) >= 11 is 9.74. The Hall–Kier alpha value is -0.780. The summed E-state index contributed by atoms with van der Waals surface area (Å²) in [4.78, 5) is 0. The Morgan fingerprint density at radius 3 is 2.59 bits per heavy atom. The van der Waals surface area contributed by atoms with E-state index in [-0.39, 0.29) is 12.4 Å². The van der Waals surface area contributed by atoms with Crippen molar-refractivity contribution < 1.29 is 9.47 Å². The van der Waals surface area contributed by atoms with Crippen LogP contribution in [0.5, 0.6) is 5.75 Å². The topological polar surface area (TPSA) is 30.5 Å². The largest absolute Gasteiger partial charge is 0.489 e. The highest BCUT2D eigenvalue weighted by molar-refractivity contribution is 9.10. The first-order valence-corrected chi connectivity index (χ1v) is 10.3. The van der Waals surface area contributed by atoms with E-state index in [1.54, 1.807) is 0 Å². The SMILES string of the molecule is CCCCOCCCNCc1cc(Br)ccc1OCc1ccccc1Cl.Cl. The summed E-state index contributed by atoms with van der Waals surface area (Å²) in [5.41, 5.74) is 2.11. The average Bonchev–Trinajstić information content (AvgIpc) is 2.64. The fourth-order valence-electron chi connectivity index (χ4n) is 2.47. The van der Waals surface area contributed by atoms with Crippen LogP contribution >= 0.6 is 39.9 Å². The van der Waals surface area contributed by atoms with Gasteiger partial charge in [0.1, 0.15) is 12.4 Å². The van der Waals surface area contributed by atoms with Crippen LogP contribution in [0.2, 0.25) is 5.02 Å². The van der Waals surface area contributed by atoms with Gasteiger partial charge in [-0.2, -0.15) is 0 Å². The maximum absolute atomic E-state index is 6.21. The Bertz CT molecular complexity index is 670. The molecule has 0 aliphatic heterocycles. The maximum atomic E-state index is 6.21. The molecule has 0 fully saturated rings. The van der Waals surface area contributed by atoms with Crippen molar-refractivity contribution in [3.63, 3.8) is 0 Å². The molecule has 3 nitrogen and oxygen atoms in total. The lowest BCUT2D eigenvalue weighted by Gasteiger charge is -2.14. The Morgan fingerprint density at radius 2 is 1.81 bits per heavy atom. The lowest BCUT2D eigenvalue weighted by molar-refractivity contribution is 0.128. The minimum Gasteiger partial charge on any atom is -0.489 e. The first-order valence-electron chi connectivity index (χ1n) is 9.13. The van der Waals surface area contributed by atoms with Gasteiger partial charge in [-0.05, 0) is 43.7 Å². The van der Waals surface area contributed by atoms with E-state index in [4.69, 9.17) is 21.1 Å². The van der Waals surface area contributed by atoms with Gasteiger partial charge in [0.15, 0.2) is 0 Å². The van der Waals surface area contributed by atoms with Crippen molar-refractivity contribution in [1.29, 1.82) is 0 Å². The fourth-order valence-corrected chi connectivity index (χ4v) is 3.07. The molecule has 2 aromatic rings. The number of halogens is 3. The molecule has 0 amide bonds. The molecule has 0 radical (unpaired) electrons. The zero-order chi connectivity index (χ0) is 18.6. The van der Waals surface area contributed by atoms with E-state index in [9.17, 15) is 0 Å². The van der Waals surface area contributed by atoms with Gasteiger partial charge >= 0.3 is 0 Å². The van der Waals surface area contributed by atoms with E-state index in [0.29, 0.717) is 6.61 Å². The van der Waals surface area contributed by atoms with E-state index in [2.05, 4.69) is 34.2 Å². The van der Waals surface area contributed by atoms with Gasteiger partial charge in [-0.3, -0.25) is 0 Å². The Kier molecular flexibility index (Phi) is 12.8. The second-order valence-corrected chi connectivity index (χ2v) is 7.45. The predicted octanol–water partition coefficient (Wildman–Crippen LogP) is 6.40. The zero-order valence-corrected chi connectivity index (χ0v) is 18.8. The highest BCUT2D eigenvalue weighted by Crippen LogP contribution is 2.25. The monoisotopic (exact) mass is 475 g/mol. The molecule has 2 aromatic carbocycles. The molecule has 2 rings (SSSR count). The van der Waals surface area contributed by atoms with E-state index < -0.39 is 0 Å². The normalized spacial score (nSPS) is 10.5. The zero-order valence-electron chi connectivity index (χ0n) is 15.7. The van der Waals surface area contributed by atoms with Crippen molar-refractivity contribution in [3.8, 4) is 5.75 Å². The molecule has 0 unspecified atom stereocenters. The number of benzene rings is 2. The van der Waals surface area contributed by atoms with Gasteiger partial charge in [-0.15, -0.1) is 12.4 Å². The highest BCUT2D eigenvalue weighted by Gasteiger charge is 2.07. The molecule has 150 valence electrons. The van der Waals surface area contributed by atoms with Gasteiger partial charge in [0, 0.05) is 40.4 Å². The third kappa shape index (κ3) is 9.31. The van der Waals surface area contributed by atoms with Gasteiger partial charge in [-0.1, -0.05) is 59.1 Å². The van der Waals surface area contributed by atoms with Crippen LogP contribution in [0.15, 0.2) is 46.9 Å². The van der Waals surface area contributed by atoms with Gasteiger partial charge in [0.2, 0.25) is 0 Å². The van der Waals surface area contributed by atoms with Gasteiger partial charge in [0.05, 0.1) is 0 Å². The summed E-state index contributed by atoms with van der Waals surface area (Å²) in [6, 6.07) is 13.8. The summed E-state index contributed by atoms with van der Waals surface area (Å²) in [5.74, 6) is 0.875. The molecule has 27 heavy (non-hydrogen) atoms. The molecule has 0 saturated heterocycles. The highest BCUT2D eigenvalue weighted by atomic mass is 79.9. The van der Waals surface area contributed by atoms with Crippen molar-refractivity contribution in [1.82, 2.24) is 5.32 Å². The number of unbranched alkanes of at least 4 members (excludes halogenated alkanes) is 1. The van der Waals surface area contributed by atoms with Crippen LogP contribution in [0.1, 0.15) is 37.3 Å². The predicted molar refractivity (Wildman–Crippen MR) is 119 cm³/mol. The van der Waals surface area contributed by atoms with Crippen LogP contribution in [-0.4, -0.2) is 19.8 Å². The van der Waals surface area contributed by atoms with Crippen LogP contribution in [0.3, 0.4) is 0 Å². The van der Waals surface area contributed by atoms with E-state index in [1.807, 2.05) is 36.4 Å². The van der Waals surface area contributed by atoms with Crippen molar-refractivity contribution in [2.24, 2.45) is 0 Å². The molecule has 0 aromatic heterocycles. The Balaban J connectivity index is 0.00000364. The minimum atomic E-state index is 0. The number of nitrogens with one attached hydrogen (secondary N) is 1. The van der Waals surface area contributed by atoms with Crippen LogP contribution in [0, 0.1) is 0 Å². The van der Waals surface area contributed by atoms with Crippen molar-refractivity contribution in [3.05, 3.63) is 63.1 Å². The summed E-state index contributed by atoms with van der Waals surface area (Å²) in [7, 11) is 0. The lowest BCUT2D eigenvalue weighted by atomic mass is 10.2. The third-order valence-electron chi connectivity index (χ3n) is 3.96. The van der Waals surface area contributed by atoms with Crippen molar-refractivity contribution in [2.45, 2.75) is 39.3 Å². The van der Waals surface area contributed by atoms with Crippen LogP contribution in [0.4, 0.5) is 0 Å². The second kappa shape index (κ2) is 14.3. The van der Waals surface area contributed by atoms with Crippen molar-refractivity contribution in [2.75, 3.05) is 19.8 Å². The number of hydrogen-bond acceptors (Lipinski definition) is 3. The second-order valence-electron chi connectivity index (χ2n) is 6.13. The van der Waals surface area contributed by atoms with Gasteiger partial charge in [-0.25, -0.2) is 0 Å². The molecule has 0 spiro atoms. The van der Waals surface area contributed by atoms with E-state index in [1.165, 1.54) is 6.42 Å². The molecule has 0 saturated carbocycles. The van der Waals surface area contributed by atoms with Gasteiger partial charge in [0.25, 0.3) is 0 Å². The first kappa shape index (κ1) is 24.3. The van der Waals surface area contributed by atoms with Crippen LogP contribution in [0.25, 0.3) is 0 Å². The quantitative estimate of drug-likeness (QED) is 0.359. The molecular weight excluding hydrogens is 449 g/mol. The standard InChI is InChI=1S/C21H27BrClNO2.ClH/c1-2-3-12-25-13-6-11-24-15-18-14-19(22)9-10-21(18)26-16-17-7-4-5-8-20(17)23;/h4-5,7-10,14,24H,2-3,6,11-13,15-16H2,1H3;1H. The molecule has 0 aliphatic carbocycles. The van der Waals surface area contributed by atoms with Crippen LogP contribution < -0.4 is 10.1 Å². The van der Waals surface area contributed by atoms with E-state index in [0.717, 1.165) is 65.5 Å². The molecule has 0 heterocycles. The molecular formula is C21H28BrCl2NO2. The number of hydrogen-bond donors (Lipinski definition) is 1. The maximum Gasteiger partial charge on any atom is 0.124 e. The third-order valence-corrected chi connectivity index (χ3v) is 4.83. The molecule has 0 aliphatic rings. The Labute approximate surface area is 182 Å². The molecule has 0 atom stereocenters. The van der Waals surface area contributed by atoms with Crippen molar-refractivity contribution >= 4 is 39.9 Å². The van der Waals surface area contributed by atoms with Crippen LogP contribution in [-0.2, 0) is 17.9 Å². The molecule has 6 heteroatoms.